The molecule has 0 aliphatic carbocycles. The summed E-state index contributed by atoms with van der Waals surface area (Å²) in [6.45, 7) is 4.84. The van der Waals surface area contributed by atoms with Crippen LogP contribution in [0.25, 0.3) is 0 Å². The summed E-state index contributed by atoms with van der Waals surface area (Å²) in [5, 5.41) is 3.41. The highest BCUT2D eigenvalue weighted by atomic mass is 19.3. The van der Waals surface area contributed by atoms with E-state index in [4.69, 9.17) is 4.74 Å². The van der Waals surface area contributed by atoms with Gasteiger partial charge in [0.25, 0.3) is 0 Å². The average molecular weight is 341 g/mol. The Balaban J connectivity index is 2.20. The number of esters is 1. The normalized spacial score (nSPS) is 21.9. The van der Waals surface area contributed by atoms with Crippen LogP contribution in [0.3, 0.4) is 0 Å². The van der Waals surface area contributed by atoms with Crippen molar-refractivity contribution in [3.8, 4) is 5.75 Å². The Bertz CT molecular complexity index is 572. The number of hydrogen-bond donors (Lipinski definition) is 1. The largest absolute Gasteiger partial charge is 0.465 e. The number of nitrogens with one attached hydrogen (secondary N) is 1. The van der Waals surface area contributed by atoms with Crippen LogP contribution in [0, 0.1) is 11.8 Å². The van der Waals surface area contributed by atoms with E-state index in [1.807, 2.05) is 0 Å². The van der Waals surface area contributed by atoms with Gasteiger partial charge < -0.3 is 14.8 Å². The molecule has 0 spiro atoms. The Kier molecular flexibility index (Phi) is 6.15. The Morgan fingerprint density at radius 3 is 2.83 bits per heavy atom. The van der Waals surface area contributed by atoms with E-state index >= 15 is 0 Å². The van der Waals surface area contributed by atoms with Crippen LogP contribution in [0.5, 0.6) is 5.75 Å². The molecular weight excluding hydrogens is 316 g/mol. The molecule has 1 aliphatic heterocycles. The fourth-order valence-corrected chi connectivity index (χ4v) is 3.20. The molecule has 2 unspecified atom stereocenters. The van der Waals surface area contributed by atoms with Gasteiger partial charge in [-0.3, -0.25) is 0 Å². The predicted molar refractivity (Wildman–Crippen MR) is 87.5 cm³/mol. The van der Waals surface area contributed by atoms with E-state index in [1.54, 1.807) is 12.1 Å². The Morgan fingerprint density at radius 1 is 1.42 bits per heavy atom. The van der Waals surface area contributed by atoms with E-state index in [-0.39, 0.29) is 11.3 Å². The zero-order chi connectivity index (χ0) is 17.7. The van der Waals surface area contributed by atoms with Gasteiger partial charge in [-0.25, -0.2) is 4.79 Å². The smallest absolute Gasteiger partial charge is 0.394 e. The second-order valence-corrected chi connectivity index (χ2v) is 6.64. The number of carbonyl (C=O) groups is 1. The van der Waals surface area contributed by atoms with Crippen LogP contribution >= 0.6 is 0 Å². The van der Waals surface area contributed by atoms with Crippen molar-refractivity contribution in [2.75, 3.05) is 20.2 Å². The maximum Gasteiger partial charge on any atom is 0.394 e. The van der Waals surface area contributed by atoms with Crippen LogP contribution in [-0.4, -0.2) is 32.3 Å². The van der Waals surface area contributed by atoms with Gasteiger partial charge in [0, 0.05) is 6.92 Å². The predicted octanol–water partition coefficient (Wildman–Crippen LogP) is 3.64. The van der Waals surface area contributed by atoms with Crippen molar-refractivity contribution in [3.05, 3.63) is 29.3 Å². The number of alkyl halides is 2. The quantitative estimate of drug-likeness (QED) is 0.831. The van der Waals surface area contributed by atoms with E-state index in [1.165, 1.54) is 13.2 Å². The first-order valence-electron chi connectivity index (χ1n) is 8.27. The fourth-order valence-electron chi connectivity index (χ4n) is 3.20. The van der Waals surface area contributed by atoms with Crippen molar-refractivity contribution in [2.45, 2.75) is 39.2 Å². The second-order valence-electron chi connectivity index (χ2n) is 6.64. The van der Waals surface area contributed by atoms with Gasteiger partial charge in [0.2, 0.25) is 0 Å². The lowest BCUT2D eigenvalue weighted by Gasteiger charge is -2.19. The number of ether oxygens (including phenoxy) is 2. The topological polar surface area (TPSA) is 47.6 Å². The van der Waals surface area contributed by atoms with Crippen LogP contribution in [-0.2, 0) is 11.2 Å². The van der Waals surface area contributed by atoms with Crippen LogP contribution < -0.4 is 10.1 Å². The lowest BCUT2D eigenvalue weighted by atomic mass is 9.88. The lowest BCUT2D eigenvalue weighted by molar-refractivity contribution is -0.159. The van der Waals surface area contributed by atoms with Crippen LogP contribution in [0.15, 0.2) is 18.2 Å². The molecule has 0 amide bonds. The Labute approximate surface area is 141 Å². The molecule has 24 heavy (non-hydrogen) atoms. The van der Waals surface area contributed by atoms with E-state index in [2.05, 4.69) is 17.0 Å². The average Bonchev–Trinajstić information content (AvgIpc) is 2.70. The maximum atomic E-state index is 13.1. The summed E-state index contributed by atoms with van der Waals surface area (Å²) >= 11 is 0. The van der Waals surface area contributed by atoms with Crippen molar-refractivity contribution < 1.29 is 23.0 Å². The maximum absolute atomic E-state index is 13.1. The molecule has 1 aromatic rings. The molecule has 0 aromatic heterocycles. The van der Waals surface area contributed by atoms with Gasteiger partial charge in [-0.2, -0.15) is 8.78 Å². The molecule has 0 saturated carbocycles. The minimum Gasteiger partial charge on any atom is -0.465 e. The van der Waals surface area contributed by atoms with Crippen molar-refractivity contribution >= 4 is 5.97 Å². The molecule has 1 N–H and O–H groups in total. The van der Waals surface area contributed by atoms with Crippen molar-refractivity contribution in [1.29, 1.82) is 0 Å². The first-order valence-corrected chi connectivity index (χ1v) is 8.27. The summed E-state index contributed by atoms with van der Waals surface area (Å²) in [7, 11) is 1.22. The molecule has 134 valence electrons. The Hall–Kier alpha value is -1.69. The molecule has 2 rings (SSSR count). The third-order valence-electron chi connectivity index (χ3n) is 4.22. The standard InChI is InChI=1S/C18H25F2NO3/c1-12-8-14(6-7-21-11-12)9-13-4-5-16(24-18(2,19)20)15(10-13)17(22)23-3/h4-5,10,12,14,21H,6-9,11H2,1-3H3. The number of hydrogen-bond acceptors (Lipinski definition) is 4. The highest BCUT2D eigenvalue weighted by Gasteiger charge is 2.27. The van der Waals surface area contributed by atoms with Gasteiger partial charge in [0.15, 0.2) is 0 Å². The summed E-state index contributed by atoms with van der Waals surface area (Å²) in [5.74, 6) is 0.264. The van der Waals surface area contributed by atoms with Crippen LogP contribution in [0.4, 0.5) is 8.78 Å². The van der Waals surface area contributed by atoms with Crippen LogP contribution in [0.1, 0.15) is 42.6 Å². The van der Waals surface area contributed by atoms with Crippen molar-refractivity contribution in [3.63, 3.8) is 0 Å². The van der Waals surface area contributed by atoms with Crippen LogP contribution in [0.2, 0.25) is 0 Å². The third-order valence-corrected chi connectivity index (χ3v) is 4.22. The second kappa shape index (κ2) is 7.92. The highest BCUT2D eigenvalue weighted by molar-refractivity contribution is 5.92. The minimum absolute atomic E-state index is 0.0383. The third kappa shape index (κ3) is 5.44. The SMILES string of the molecule is COC(=O)c1cc(CC2CCNCC(C)C2)ccc1OC(C)(F)F. The van der Waals surface area contributed by atoms with E-state index in [0.717, 1.165) is 37.9 Å². The zero-order valence-corrected chi connectivity index (χ0v) is 14.4. The molecule has 0 radical (unpaired) electrons. The van der Waals surface area contributed by atoms with Gasteiger partial charge in [-0.1, -0.05) is 13.0 Å². The van der Waals surface area contributed by atoms with E-state index in [0.29, 0.717) is 18.8 Å². The zero-order valence-electron chi connectivity index (χ0n) is 14.4. The van der Waals surface area contributed by atoms with E-state index < -0.39 is 12.1 Å². The Morgan fingerprint density at radius 2 is 2.17 bits per heavy atom. The van der Waals surface area contributed by atoms with Crippen molar-refractivity contribution in [2.24, 2.45) is 11.8 Å². The summed E-state index contributed by atoms with van der Waals surface area (Å²) in [5.41, 5.74) is 0.970. The van der Waals surface area contributed by atoms with Gasteiger partial charge in [-0.15, -0.1) is 0 Å². The van der Waals surface area contributed by atoms with Gasteiger partial charge in [0.1, 0.15) is 11.3 Å². The molecule has 1 heterocycles. The van der Waals surface area contributed by atoms with Gasteiger partial charge in [0.05, 0.1) is 7.11 Å². The molecule has 1 aliphatic rings. The minimum atomic E-state index is -3.35. The lowest BCUT2D eigenvalue weighted by Crippen LogP contribution is -2.21. The highest BCUT2D eigenvalue weighted by Crippen LogP contribution is 2.29. The van der Waals surface area contributed by atoms with Gasteiger partial charge >= 0.3 is 12.1 Å². The monoisotopic (exact) mass is 341 g/mol. The van der Waals surface area contributed by atoms with E-state index in [9.17, 15) is 13.6 Å². The van der Waals surface area contributed by atoms with Gasteiger partial charge in [-0.05, 0) is 61.9 Å². The first kappa shape index (κ1) is 18.6. The first-order chi connectivity index (χ1) is 11.3. The molecule has 1 fully saturated rings. The molecule has 1 saturated heterocycles. The summed E-state index contributed by atoms with van der Waals surface area (Å²) < 4.78 is 35.6. The van der Waals surface area contributed by atoms with Crippen molar-refractivity contribution in [1.82, 2.24) is 5.32 Å². The number of rotatable bonds is 5. The summed E-state index contributed by atoms with van der Waals surface area (Å²) in [6, 6.07) is 4.78. The summed E-state index contributed by atoms with van der Waals surface area (Å²) in [4.78, 5) is 11.9. The molecular formula is C18H25F2NO3. The number of benzene rings is 1. The fraction of sp³-hybridized carbons (Fsp3) is 0.611. The molecule has 4 nitrogen and oxygen atoms in total. The number of halogens is 2. The number of methoxy groups -OCH3 is 1. The molecule has 2 atom stereocenters. The summed E-state index contributed by atoms with van der Waals surface area (Å²) in [6.07, 6.45) is -0.388. The molecule has 0 bridgehead atoms. The number of carbonyl (C=O) groups excluding carboxylic acids is 1. The molecule has 6 heteroatoms. The molecule has 1 aromatic carbocycles.